The minimum Gasteiger partial charge on any atom is -0.384 e. The van der Waals surface area contributed by atoms with Crippen LogP contribution >= 0.6 is 0 Å². The Labute approximate surface area is 97.4 Å². The van der Waals surface area contributed by atoms with E-state index in [-0.39, 0.29) is 0 Å². The molecule has 1 heterocycles. The summed E-state index contributed by atoms with van der Waals surface area (Å²) < 4.78 is 5.38. The van der Waals surface area contributed by atoms with Crippen molar-refractivity contribution in [2.24, 2.45) is 0 Å². The first kappa shape index (κ1) is 11.4. The maximum atomic E-state index is 5.38. The van der Waals surface area contributed by atoms with Gasteiger partial charge in [0, 0.05) is 31.4 Å². The number of nitrogens with zero attached hydrogens (tertiary/aromatic N) is 1. The highest BCUT2D eigenvalue weighted by atomic mass is 16.5. The van der Waals surface area contributed by atoms with Crippen LogP contribution in [0.5, 0.6) is 0 Å². The van der Waals surface area contributed by atoms with Crippen LogP contribution < -0.4 is 5.32 Å². The van der Waals surface area contributed by atoms with E-state index in [1.54, 1.807) is 0 Å². The second-order valence-electron chi connectivity index (χ2n) is 4.29. The van der Waals surface area contributed by atoms with Crippen LogP contribution in [0.4, 0.5) is 5.69 Å². The van der Waals surface area contributed by atoms with Crippen molar-refractivity contribution >= 4 is 5.69 Å². The third-order valence-electron chi connectivity index (χ3n) is 3.10. The molecule has 0 aromatic heterocycles. The molecule has 1 aromatic rings. The minimum absolute atomic E-state index is 0.609. The number of rotatable bonds is 5. The molecule has 0 spiro atoms. The second kappa shape index (κ2) is 5.87. The van der Waals surface area contributed by atoms with Gasteiger partial charge in [-0.2, -0.15) is 0 Å². The average Bonchev–Trinajstić information content (AvgIpc) is 2.84. The molecule has 3 heteroatoms. The highest BCUT2D eigenvalue weighted by Crippen LogP contribution is 2.10. The van der Waals surface area contributed by atoms with Gasteiger partial charge in [-0.1, -0.05) is 18.2 Å². The molecule has 3 nitrogen and oxygen atoms in total. The molecule has 1 unspecified atom stereocenters. The van der Waals surface area contributed by atoms with Gasteiger partial charge in [-0.25, -0.2) is 0 Å². The molecule has 88 valence electrons. The van der Waals surface area contributed by atoms with Crippen LogP contribution in [-0.4, -0.2) is 44.3 Å². The molecular weight excluding hydrogens is 200 g/mol. The van der Waals surface area contributed by atoms with E-state index in [0.717, 1.165) is 26.3 Å². The summed E-state index contributed by atoms with van der Waals surface area (Å²) >= 11 is 0. The molecule has 1 saturated heterocycles. The molecule has 1 aliphatic heterocycles. The van der Waals surface area contributed by atoms with Crippen LogP contribution in [0, 0.1) is 0 Å². The van der Waals surface area contributed by atoms with E-state index in [2.05, 4.69) is 41.5 Å². The van der Waals surface area contributed by atoms with Crippen molar-refractivity contribution in [2.45, 2.75) is 12.5 Å². The Morgan fingerprint density at radius 2 is 2.19 bits per heavy atom. The zero-order chi connectivity index (χ0) is 11.2. The van der Waals surface area contributed by atoms with E-state index < -0.39 is 0 Å². The first-order valence-electron chi connectivity index (χ1n) is 5.93. The predicted molar refractivity (Wildman–Crippen MR) is 66.8 cm³/mol. The fourth-order valence-electron chi connectivity index (χ4n) is 1.98. The Balaban J connectivity index is 1.67. The SMILES string of the molecule is CN(CCNc1ccccc1)C1CCOC1. The van der Waals surface area contributed by atoms with Crippen molar-refractivity contribution in [1.29, 1.82) is 0 Å². The van der Waals surface area contributed by atoms with Crippen LogP contribution in [0.25, 0.3) is 0 Å². The number of likely N-dealkylation sites (N-methyl/N-ethyl adjacent to an activating group) is 1. The molecular formula is C13H20N2O. The standard InChI is InChI=1S/C13H20N2O/c1-15(13-7-10-16-11-13)9-8-14-12-5-3-2-4-6-12/h2-6,13-14H,7-11H2,1H3. The Kier molecular flexibility index (Phi) is 4.19. The zero-order valence-electron chi connectivity index (χ0n) is 9.86. The third-order valence-corrected chi connectivity index (χ3v) is 3.10. The topological polar surface area (TPSA) is 24.5 Å². The van der Waals surface area contributed by atoms with E-state index in [1.807, 2.05) is 6.07 Å². The average molecular weight is 220 g/mol. The molecule has 1 aliphatic rings. The van der Waals surface area contributed by atoms with Crippen LogP contribution in [0.15, 0.2) is 30.3 Å². The lowest BCUT2D eigenvalue weighted by Gasteiger charge is -2.22. The van der Waals surface area contributed by atoms with Crippen molar-refractivity contribution in [3.63, 3.8) is 0 Å². The van der Waals surface area contributed by atoms with E-state index in [0.29, 0.717) is 6.04 Å². The molecule has 1 aromatic carbocycles. The van der Waals surface area contributed by atoms with E-state index >= 15 is 0 Å². The van der Waals surface area contributed by atoms with Gasteiger partial charge in [-0.15, -0.1) is 0 Å². The van der Waals surface area contributed by atoms with Crippen LogP contribution in [0.1, 0.15) is 6.42 Å². The molecule has 0 saturated carbocycles. The fourth-order valence-corrected chi connectivity index (χ4v) is 1.98. The molecule has 1 N–H and O–H groups in total. The minimum atomic E-state index is 0.609. The van der Waals surface area contributed by atoms with Gasteiger partial charge in [0.25, 0.3) is 0 Å². The summed E-state index contributed by atoms with van der Waals surface area (Å²) in [5, 5.41) is 3.42. The van der Waals surface area contributed by atoms with Crippen LogP contribution in [0.3, 0.4) is 0 Å². The van der Waals surface area contributed by atoms with E-state index in [9.17, 15) is 0 Å². The van der Waals surface area contributed by atoms with Gasteiger partial charge >= 0.3 is 0 Å². The molecule has 0 aliphatic carbocycles. The Bertz CT molecular complexity index is 296. The van der Waals surface area contributed by atoms with E-state index in [1.165, 1.54) is 12.1 Å². The molecule has 2 rings (SSSR count). The Morgan fingerprint density at radius 1 is 1.38 bits per heavy atom. The highest BCUT2D eigenvalue weighted by Gasteiger charge is 2.19. The molecule has 16 heavy (non-hydrogen) atoms. The number of hydrogen-bond acceptors (Lipinski definition) is 3. The second-order valence-corrected chi connectivity index (χ2v) is 4.29. The number of hydrogen-bond donors (Lipinski definition) is 1. The van der Waals surface area contributed by atoms with Crippen molar-refractivity contribution in [2.75, 3.05) is 38.7 Å². The Morgan fingerprint density at radius 3 is 2.88 bits per heavy atom. The predicted octanol–water partition coefficient (Wildman–Crippen LogP) is 1.82. The molecule has 0 radical (unpaired) electrons. The van der Waals surface area contributed by atoms with Crippen molar-refractivity contribution in [3.8, 4) is 0 Å². The number of para-hydroxylation sites is 1. The summed E-state index contributed by atoms with van der Waals surface area (Å²) in [6.45, 7) is 3.85. The molecule has 1 fully saturated rings. The third kappa shape index (κ3) is 3.22. The summed E-state index contributed by atoms with van der Waals surface area (Å²) in [5.41, 5.74) is 1.19. The summed E-state index contributed by atoms with van der Waals surface area (Å²) in [4.78, 5) is 2.38. The van der Waals surface area contributed by atoms with Crippen LogP contribution in [0.2, 0.25) is 0 Å². The fraction of sp³-hybridized carbons (Fsp3) is 0.538. The lowest BCUT2D eigenvalue weighted by Crippen LogP contribution is -2.35. The Hall–Kier alpha value is -1.06. The van der Waals surface area contributed by atoms with Gasteiger partial charge in [0.05, 0.1) is 6.61 Å². The van der Waals surface area contributed by atoms with Gasteiger partial charge in [-0.3, -0.25) is 4.90 Å². The maximum Gasteiger partial charge on any atom is 0.0622 e. The lowest BCUT2D eigenvalue weighted by atomic mass is 10.2. The summed E-state index contributed by atoms with van der Waals surface area (Å²) in [6, 6.07) is 10.9. The number of ether oxygens (including phenoxy) is 1. The largest absolute Gasteiger partial charge is 0.384 e. The summed E-state index contributed by atoms with van der Waals surface area (Å²) in [6.07, 6.45) is 1.17. The molecule has 0 amide bonds. The lowest BCUT2D eigenvalue weighted by molar-refractivity contribution is 0.161. The number of benzene rings is 1. The quantitative estimate of drug-likeness (QED) is 0.819. The van der Waals surface area contributed by atoms with Gasteiger partial charge in [0.15, 0.2) is 0 Å². The van der Waals surface area contributed by atoms with Gasteiger partial charge in [0.2, 0.25) is 0 Å². The van der Waals surface area contributed by atoms with Crippen LogP contribution in [-0.2, 0) is 4.74 Å². The highest BCUT2D eigenvalue weighted by molar-refractivity contribution is 5.42. The zero-order valence-corrected chi connectivity index (χ0v) is 9.86. The van der Waals surface area contributed by atoms with Gasteiger partial charge in [0.1, 0.15) is 0 Å². The first-order chi connectivity index (χ1) is 7.86. The normalized spacial score (nSPS) is 20.2. The first-order valence-corrected chi connectivity index (χ1v) is 5.93. The van der Waals surface area contributed by atoms with Gasteiger partial charge in [-0.05, 0) is 25.6 Å². The maximum absolute atomic E-state index is 5.38. The monoisotopic (exact) mass is 220 g/mol. The summed E-state index contributed by atoms with van der Waals surface area (Å²) in [7, 11) is 2.17. The van der Waals surface area contributed by atoms with Crippen molar-refractivity contribution in [1.82, 2.24) is 4.90 Å². The van der Waals surface area contributed by atoms with Gasteiger partial charge < -0.3 is 10.1 Å². The van der Waals surface area contributed by atoms with Crippen molar-refractivity contribution < 1.29 is 4.74 Å². The smallest absolute Gasteiger partial charge is 0.0622 e. The number of anilines is 1. The van der Waals surface area contributed by atoms with E-state index in [4.69, 9.17) is 4.74 Å². The molecule has 0 bridgehead atoms. The summed E-state index contributed by atoms with van der Waals surface area (Å²) in [5.74, 6) is 0. The van der Waals surface area contributed by atoms with Crippen molar-refractivity contribution in [3.05, 3.63) is 30.3 Å². The number of nitrogens with one attached hydrogen (secondary N) is 1. The molecule has 1 atom stereocenters.